The highest BCUT2D eigenvalue weighted by atomic mass is 16.6. The number of rotatable bonds is 13. The minimum Gasteiger partial charge on any atom is -0.462 e. The van der Waals surface area contributed by atoms with Crippen molar-refractivity contribution < 1.29 is 62.2 Å². The molecule has 13 aliphatic rings. The summed E-state index contributed by atoms with van der Waals surface area (Å²) in [5, 5.41) is 13.2. The molecule has 2 bridgehead atoms. The van der Waals surface area contributed by atoms with Gasteiger partial charge in [-0.25, -0.2) is 0 Å². The molecule has 5 saturated carbocycles. The first kappa shape index (κ1) is 73.3. The fourth-order valence-corrected chi connectivity index (χ4v) is 18.8. The first-order valence-electron chi connectivity index (χ1n) is 37.7. The van der Waals surface area contributed by atoms with E-state index in [1.807, 2.05) is 6.92 Å². The van der Waals surface area contributed by atoms with Crippen LogP contribution in [0.15, 0.2) is 0 Å². The molecule has 17 nitrogen and oxygen atoms in total. The number of nitrogens with zero attached hydrogens (tertiary/aromatic N) is 3. The highest BCUT2D eigenvalue weighted by Crippen LogP contribution is 2.58. The molecule has 0 aromatic carbocycles. The lowest BCUT2D eigenvalue weighted by Crippen LogP contribution is -2.50. The van der Waals surface area contributed by atoms with Gasteiger partial charge in [0.15, 0.2) is 0 Å². The molecule has 0 radical (unpaired) electrons. The van der Waals surface area contributed by atoms with Gasteiger partial charge in [0, 0.05) is 83.3 Å². The van der Waals surface area contributed by atoms with Crippen molar-refractivity contribution in [2.75, 3.05) is 85.3 Å². The summed E-state index contributed by atoms with van der Waals surface area (Å²) < 4.78 is 39.5. The number of ether oxygens (including phenoxy) is 7. The van der Waals surface area contributed by atoms with Crippen molar-refractivity contribution in [1.82, 2.24) is 20.0 Å². The van der Waals surface area contributed by atoms with E-state index in [1.54, 1.807) is 0 Å². The Morgan fingerprint density at radius 3 is 1.86 bits per heavy atom. The van der Waals surface area contributed by atoms with Crippen LogP contribution in [0.2, 0.25) is 0 Å². The summed E-state index contributed by atoms with van der Waals surface area (Å²) in [5.74, 6) is 2.31. The molecule has 0 aromatic heterocycles. The largest absolute Gasteiger partial charge is 0.462 e. The van der Waals surface area contributed by atoms with Gasteiger partial charge in [-0.05, 0) is 193 Å². The third-order valence-corrected chi connectivity index (χ3v) is 25.8. The number of fused-ring (bicyclic) bond motifs is 4. The van der Waals surface area contributed by atoms with Crippen molar-refractivity contribution in [3.8, 4) is 0 Å². The topological polar surface area (TPSA) is 192 Å². The summed E-state index contributed by atoms with van der Waals surface area (Å²) in [4.78, 5) is 68.6. The van der Waals surface area contributed by atoms with Crippen molar-refractivity contribution >= 4 is 29.8 Å². The number of hydrogen-bond acceptors (Lipinski definition) is 17. The van der Waals surface area contributed by atoms with Crippen molar-refractivity contribution in [2.45, 2.75) is 310 Å². The number of carbonyl (C=O) groups excluding carboxylic acids is 5. The summed E-state index contributed by atoms with van der Waals surface area (Å²) in [5.41, 5.74) is -1.94. The predicted octanol–water partition coefficient (Wildman–Crippen LogP) is 12.3. The number of aliphatic hydroxyl groups is 1. The number of likely N-dealkylation sites (tertiary alicyclic amines) is 1. The van der Waals surface area contributed by atoms with Gasteiger partial charge in [0.25, 0.3) is 0 Å². The van der Waals surface area contributed by atoms with E-state index in [0.29, 0.717) is 17.9 Å². The van der Waals surface area contributed by atoms with E-state index in [2.05, 4.69) is 89.3 Å². The zero-order valence-corrected chi connectivity index (χ0v) is 59.6. The average Bonchev–Trinajstić information content (AvgIpc) is 1.59. The number of piperidine rings is 1. The normalized spacial score (nSPS) is 39.0. The van der Waals surface area contributed by atoms with Crippen LogP contribution in [0.1, 0.15) is 262 Å². The molecular weight excluding hydrogens is 1160 g/mol. The number of cyclic esters (lactones) is 1. The molecule has 526 valence electrons. The summed E-state index contributed by atoms with van der Waals surface area (Å²) in [6.07, 6.45) is 31.7. The van der Waals surface area contributed by atoms with Gasteiger partial charge in [0.05, 0.1) is 60.1 Å². The number of hydrogen-bond donors (Lipinski definition) is 2. The second kappa shape index (κ2) is 31.3. The van der Waals surface area contributed by atoms with Crippen LogP contribution < -0.4 is 5.32 Å². The lowest BCUT2D eigenvalue weighted by atomic mass is 9.63. The van der Waals surface area contributed by atoms with Crippen molar-refractivity contribution in [2.24, 2.45) is 50.7 Å². The van der Waals surface area contributed by atoms with Crippen molar-refractivity contribution in [1.29, 1.82) is 0 Å². The van der Waals surface area contributed by atoms with E-state index in [1.165, 1.54) is 89.9 Å². The van der Waals surface area contributed by atoms with E-state index in [9.17, 15) is 29.1 Å². The number of aliphatic hydroxyl groups excluding tert-OH is 1. The molecule has 5 aliphatic carbocycles. The van der Waals surface area contributed by atoms with Crippen LogP contribution in [0.3, 0.4) is 0 Å². The Labute approximate surface area is 555 Å². The molecule has 8 aliphatic heterocycles. The Morgan fingerprint density at radius 2 is 1.26 bits per heavy atom. The van der Waals surface area contributed by atoms with Gasteiger partial charge in [-0.3, -0.25) is 28.9 Å². The zero-order chi connectivity index (χ0) is 66.2. The molecule has 0 amide bonds. The van der Waals surface area contributed by atoms with Gasteiger partial charge in [-0.1, -0.05) is 80.6 Å². The highest BCUT2D eigenvalue weighted by Gasteiger charge is 2.61. The lowest BCUT2D eigenvalue weighted by Gasteiger charge is -2.44. The van der Waals surface area contributed by atoms with Gasteiger partial charge in [-0.15, -0.1) is 0 Å². The average molecular weight is 1290 g/mol. The Kier molecular flexibility index (Phi) is 24.9. The Hall–Kier alpha value is -2.93. The minimum atomic E-state index is -0.394. The van der Waals surface area contributed by atoms with Crippen LogP contribution in [0, 0.1) is 50.7 Å². The van der Waals surface area contributed by atoms with E-state index in [0.717, 1.165) is 188 Å². The van der Waals surface area contributed by atoms with Crippen LogP contribution >= 0.6 is 0 Å². The van der Waals surface area contributed by atoms with Gasteiger partial charge in [-0.2, -0.15) is 0 Å². The molecule has 12 unspecified atom stereocenters. The van der Waals surface area contributed by atoms with E-state index in [-0.39, 0.29) is 98.6 Å². The molecule has 0 aromatic rings. The molecule has 13 fully saturated rings. The van der Waals surface area contributed by atoms with Crippen LogP contribution in [0.5, 0.6) is 0 Å². The second-order valence-electron chi connectivity index (χ2n) is 33.3. The minimum absolute atomic E-state index is 0.00911. The smallest absolute Gasteiger partial charge is 0.314 e. The van der Waals surface area contributed by atoms with Gasteiger partial charge in [0.1, 0.15) is 29.0 Å². The number of carbonyl (C=O) groups is 5. The Morgan fingerprint density at radius 1 is 0.630 bits per heavy atom. The van der Waals surface area contributed by atoms with Gasteiger partial charge >= 0.3 is 29.8 Å². The molecule has 2 N–H and O–H groups in total. The highest BCUT2D eigenvalue weighted by molar-refractivity contribution is 5.81. The SMILES string of the molecule is CC(C)(C)C1(C)CC2(CCC(O)CC2)OC1=O.CCC1(CN2CCCCC2)CC2(CCOCC2)OC1=O.CCC1CC(C)(C(C)NC2CCCCC2)C(=O)O1.CCN(CC)CC1(C)CC2CCCCC2OC1=O.O=C1OC2(CC3CCC2C3)CC1CN1CCOCC1. The van der Waals surface area contributed by atoms with E-state index in [4.69, 9.17) is 33.2 Å². The maximum Gasteiger partial charge on any atom is 0.314 e. The molecule has 92 heavy (non-hydrogen) atoms. The van der Waals surface area contributed by atoms with Crippen LogP contribution in [0.4, 0.5) is 0 Å². The second-order valence-corrected chi connectivity index (χ2v) is 33.3. The summed E-state index contributed by atoms with van der Waals surface area (Å²) in [6.45, 7) is 35.1. The number of morpholine rings is 1. The molecule has 8 heterocycles. The first-order chi connectivity index (χ1) is 43.8. The molecule has 12 atom stereocenters. The van der Waals surface area contributed by atoms with Crippen molar-refractivity contribution in [3.05, 3.63) is 0 Å². The van der Waals surface area contributed by atoms with E-state index >= 15 is 0 Å². The third-order valence-electron chi connectivity index (χ3n) is 25.8. The van der Waals surface area contributed by atoms with E-state index < -0.39 is 5.41 Å². The third kappa shape index (κ3) is 17.1. The van der Waals surface area contributed by atoms with Gasteiger partial charge < -0.3 is 53.4 Å². The molecule has 17 heteroatoms. The standard InChI is InChI=1S/C16H27NO3.C15H23NO3.2C15H27NO2.C14H24O3/c1-2-15(13-17-8-4-3-5-9-17)12-16(20-14(15)18)6-10-19-11-7-16;17-14-12(10-16-3-5-18-6-4-16)9-15(19-14)8-11-1-2-13(15)7-11;1-4-13-10-15(3,14(17)18-13)11(2)16-12-8-6-5-7-9-12;1-4-16(5-2)11-15(3)10-12-8-6-7-9-13(12)18-14(15)17;1-12(2,3)13(4)9-14(17-11(13)16)7-5-10(15)6-8-14/h2-13H2,1H3;11-13H,1-10H2;11-13,16H,4-10H2,1-3H3;12-13H,4-11H2,1-3H3;10,15H,5-9H2,1-4H3. The van der Waals surface area contributed by atoms with Crippen LogP contribution in [-0.4, -0.2) is 182 Å². The van der Waals surface area contributed by atoms with Crippen LogP contribution in [-0.2, 0) is 57.1 Å². The zero-order valence-electron chi connectivity index (χ0n) is 59.6. The molecular formula is C75H128N4O13. The van der Waals surface area contributed by atoms with Crippen LogP contribution in [0.25, 0.3) is 0 Å². The summed E-state index contributed by atoms with van der Waals surface area (Å²) in [6, 6.07) is 0.809. The fraction of sp³-hybridized carbons (Fsp3) is 0.933. The first-order valence-corrected chi connectivity index (χ1v) is 37.7. The molecule has 8 saturated heterocycles. The molecule has 3 spiro atoms. The number of nitrogens with one attached hydrogen (secondary N) is 1. The molecule has 13 rings (SSSR count). The maximum absolute atomic E-state index is 12.6. The summed E-state index contributed by atoms with van der Waals surface area (Å²) >= 11 is 0. The monoisotopic (exact) mass is 1290 g/mol. The lowest BCUT2D eigenvalue weighted by molar-refractivity contribution is -0.180. The predicted molar refractivity (Wildman–Crippen MR) is 356 cm³/mol. The maximum atomic E-state index is 12.6. The quantitative estimate of drug-likeness (QED) is 0.131. The number of esters is 5. The van der Waals surface area contributed by atoms with Crippen molar-refractivity contribution in [3.63, 3.8) is 0 Å². The summed E-state index contributed by atoms with van der Waals surface area (Å²) in [7, 11) is 0. The van der Waals surface area contributed by atoms with Gasteiger partial charge in [0.2, 0.25) is 0 Å². The Bertz CT molecular complexity index is 2420. The Balaban J connectivity index is 0.000000136. The fourth-order valence-electron chi connectivity index (χ4n) is 18.8.